The molecule has 0 saturated heterocycles. The van der Waals surface area contributed by atoms with Gasteiger partial charge in [-0.05, 0) is 24.8 Å². The molecule has 120 valence electrons. The fourth-order valence-electron chi connectivity index (χ4n) is 2.89. The smallest absolute Gasteiger partial charge is 0.200 e. The van der Waals surface area contributed by atoms with Gasteiger partial charge in [-0.15, -0.1) is 0 Å². The zero-order valence-corrected chi connectivity index (χ0v) is 13.4. The van der Waals surface area contributed by atoms with Gasteiger partial charge in [0.15, 0.2) is 11.5 Å². The third-order valence-electron chi connectivity index (χ3n) is 4.14. The zero-order valence-electron chi connectivity index (χ0n) is 13.4. The Morgan fingerprint density at radius 1 is 0.762 bits per heavy atom. The van der Waals surface area contributed by atoms with Gasteiger partial charge in [-0.2, -0.15) is 0 Å². The Morgan fingerprint density at radius 3 is 2.10 bits per heavy atom. The lowest BCUT2D eigenvalue weighted by atomic mass is 9.88. The monoisotopic (exact) mass is 294 g/mol. The number of rotatable bonds is 10. The lowest BCUT2D eigenvalue weighted by Gasteiger charge is -2.18. The van der Waals surface area contributed by atoms with Gasteiger partial charge in [0, 0.05) is 5.56 Å². The molecule has 0 radical (unpaired) electrons. The predicted octanol–water partition coefficient (Wildman–Crippen LogP) is 5.44. The maximum atomic E-state index is 10.0. The average molecular weight is 294 g/mol. The van der Waals surface area contributed by atoms with Crippen molar-refractivity contribution < 1.29 is 15.3 Å². The van der Waals surface area contributed by atoms with Crippen molar-refractivity contribution in [3.63, 3.8) is 0 Å². The van der Waals surface area contributed by atoms with Crippen LogP contribution >= 0.6 is 0 Å². The molecule has 3 heteroatoms. The van der Waals surface area contributed by atoms with Crippen LogP contribution in [0.1, 0.15) is 83.1 Å². The number of hydrogen-bond acceptors (Lipinski definition) is 3. The summed E-state index contributed by atoms with van der Waals surface area (Å²) >= 11 is 0. The van der Waals surface area contributed by atoms with Crippen LogP contribution in [0.4, 0.5) is 0 Å². The molecule has 0 aliphatic heterocycles. The molecule has 3 N–H and O–H groups in total. The van der Waals surface area contributed by atoms with Crippen LogP contribution in [0.2, 0.25) is 0 Å². The van der Waals surface area contributed by atoms with Gasteiger partial charge >= 0.3 is 0 Å². The first-order valence-electron chi connectivity index (χ1n) is 8.35. The van der Waals surface area contributed by atoms with Crippen LogP contribution < -0.4 is 0 Å². The quantitative estimate of drug-likeness (QED) is 0.398. The summed E-state index contributed by atoms with van der Waals surface area (Å²) in [5.41, 5.74) is 0.765. The van der Waals surface area contributed by atoms with Crippen LogP contribution in [0.3, 0.4) is 0 Å². The van der Waals surface area contributed by atoms with E-state index in [0.717, 1.165) is 31.2 Å². The van der Waals surface area contributed by atoms with E-state index in [2.05, 4.69) is 13.8 Å². The van der Waals surface area contributed by atoms with Crippen molar-refractivity contribution in [1.82, 2.24) is 0 Å². The fraction of sp³-hybridized carbons (Fsp3) is 0.667. The van der Waals surface area contributed by atoms with E-state index in [1.165, 1.54) is 38.2 Å². The number of aromatic hydroxyl groups is 3. The highest BCUT2D eigenvalue weighted by molar-refractivity contribution is 5.54. The first-order valence-corrected chi connectivity index (χ1v) is 8.35. The third kappa shape index (κ3) is 5.49. The van der Waals surface area contributed by atoms with Gasteiger partial charge in [0.25, 0.3) is 0 Å². The Morgan fingerprint density at radius 2 is 1.43 bits per heavy atom. The average Bonchev–Trinajstić information content (AvgIpc) is 2.48. The SMILES string of the molecule is CCCCCCCCC(CCC)c1ccc(O)c(O)c1O. The predicted molar refractivity (Wildman–Crippen MR) is 87.1 cm³/mol. The molecular formula is C18H30O3. The summed E-state index contributed by atoms with van der Waals surface area (Å²) in [6.45, 7) is 4.35. The Kier molecular flexibility index (Phi) is 8.03. The van der Waals surface area contributed by atoms with E-state index in [0.29, 0.717) is 0 Å². The number of phenols is 3. The standard InChI is InChI=1S/C18H30O3/c1-3-5-6-7-8-9-11-14(10-4-2)15-12-13-16(19)18(21)17(15)20/h12-14,19-21H,3-11H2,1-2H3. The van der Waals surface area contributed by atoms with E-state index in [-0.39, 0.29) is 17.4 Å². The van der Waals surface area contributed by atoms with Crippen molar-refractivity contribution in [1.29, 1.82) is 0 Å². The lowest BCUT2D eigenvalue weighted by molar-refractivity contribution is 0.360. The van der Waals surface area contributed by atoms with Gasteiger partial charge < -0.3 is 15.3 Å². The van der Waals surface area contributed by atoms with Crippen LogP contribution in [-0.4, -0.2) is 15.3 Å². The van der Waals surface area contributed by atoms with Crippen molar-refractivity contribution in [2.75, 3.05) is 0 Å². The van der Waals surface area contributed by atoms with Crippen LogP contribution in [0.5, 0.6) is 17.2 Å². The van der Waals surface area contributed by atoms with Crippen LogP contribution in [0.15, 0.2) is 12.1 Å². The van der Waals surface area contributed by atoms with Gasteiger partial charge in [0.1, 0.15) is 0 Å². The number of phenolic OH excluding ortho intramolecular Hbond substituents is 3. The molecule has 0 spiro atoms. The van der Waals surface area contributed by atoms with Gasteiger partial charge in [0.2, 0.25) is 5.75 Å². The number of benzene rings is 1. The summed E-state index contributed by atoms with van der Waals surface area (Å²) in [4.78, 5) is 0. The molecule has 0 fully saturated rings. The zero-order chi connectivity index (χ0) is 15.7. The van der Waals surface area contributed by atoms with Crippen molar-refractivity contribution in [3.8, 4) is 17.2 Å². The largest absolute Gasteiger partial charge is 0.504 e. The number of hydrogen-bond donors (Lipinski definition) is 3. The second-order valence-corrected chi connectivity index (χ2v) is 5.91. The molecule has 1 aromatic carbocycles. The van der Waals surface area contributed by atoms with Gasteiger partial charge in [-0.25, -0.2) is 0 Å². The normalized spacial score (nSPS) is 12.5. The fourth-order valence-corrected chi connectivity index (χ4v) is 2.89. The molecule has 1 aromatic rings. The second-order valence-electron chi connectivity index (χ2n) is 5.91. The second kappa shape index (κ2) is 9.54. The summed E-state index contributed by atoms with van der Waals surface area (Å²) in [6.07, 6.45) is 10.6. The molecule has 0 saturated carbocycles. The van der Waals surface area contributed by atoms with Gasteiger partial charge in [0.05, 0.1) is 0 Å². The van der Waals surface area contributed by atoms with Crippen LogP contribution in [0.25, 0.3) is 0 Å². The summed E-state index contributed by atoms with van der Waals surface area (Å²) in [5.74, 6) is -0.547. The van der Waals surface area contributed by atoms with Crippen LogP contribution in [0, 0.1) is 0 Å². The number of unbranched alkanes of at least 4 members (excludes halogenated alkanes) is 5. The lowest BCUT2D eigenvalue weighted by Crippen LogP contribution is -2.00. The highest BCUT2D eigenvalue weighted by Gasteiger charge is 2.18. The first kappa shape index (κ1) is 17.7. The molecular weight excluding hydrogens is 264 g/mol. The van der Waals surface area contributed by atoms with Gasteiger partial charge in [-0.1, -0.05) is 64.9 Å². The summed E-state index contributed by atoms with van der Waals surface area (Å²) in [6, 6.07) is 3.20. The van der Waals surface area contributed by atoms with E-state index in [1.807, 2.05) is 0 Å². The van der Waals surface area contributed by atoms with E-state index in [9.17, 15) is 15.3 Å². The van der Waals surface area contributed by atoms with Gasteiger partial charge in [-0.3, -0.25) is 0 Å². The highest BCUT2D eigenvalue weighted by atomic mass is 16.3. The Bertz CT molecular complexity index is 415. The first-order chi connectivity index (χ1) is 10.1. The Labute approximate surface area is 128 Å². The van der Waals surface area contributed by atoms with E-state index in [4.69, 9.17) is 0 Å². The van der Waals surface area contributed by atoms with E-state index < -0.39 is 5.75 Å². The molecule has 0 bridgehead atoms. The van der Waals surface area contributed by atoms with E-state index >= 15 is 0 Å². The Balaban J connectivity index is 2.59. The summed E-state index contributed by atoms with van der Waals surface area (Å²) in [5, 5.41) is 29.1. The Hall–Kier alpha value is -1.38. The minimum absolute atomic E-state index is 0.153. The molecule has 1 rings (SSSR count). The maximum Gasteiger partial charge on any atom is 0.200 e. The third-order valence-corrected chi connectivity index (χ3v) is 4.14. The summed E-state index contributed by atoms with van der Waals surface area (Å²) in [7, 11) is 0. The molecule has 0 aromatic heterocycles. The molecule has 0 heterocycles. The minimum Gasteiger partial charge on any atom is -0.504 e. The molecule has 1 atom stereocenters. The highest BCUT2D eigenvalue weighted by Crippen LogP contribution is 2.42. The van der Waals surface area contributed by atoms with Crippen molar-refractivity contribution in [2.45, 2.75) is 77.6 Å². The molecule has 0 aliphatic rings. The summed E-state index contributed by atoms with van der Waals surface area (Å²) < 4.78 is 0. The van der Waals surface area contributed by atoms with Crippen LogP contribution in [-0.2, 0) is 0 Å². The topological polar surface area (TPSA) is 60.7 Å². The van der Waals surface area contributed by atoms with E-state index in [1.54, 1.807) is 6.07 Å². The van der Waals surface area contributed by atoms with Crippen molar-refractivity contribution in [3.05, 3.63) is 17.7 Å². The van der Waals surface area contributed by atoms with Crippen molar-refractivity contribution in [2.24, 2.45) is 0 Å². The van der Waals surface area contributed by atoms with Crippen molar-refractivity contribution >= 4 is 0 Å². The maximum absolute atomic E-state index is 10.0. The molecule has 21 heavy (non-hydrogen) atoms. The molecule has 3 nitrogen and oxygen atoms in total. The minimum atomic E-state index is -0.392. The molecule has 0 aliphatic carbocycles. The molecule has 0 amide bonds. The molecule has 1 unspecified atom stereocenters.